The number of hydrogen-bond donors (Lipinski definition) is 0. The van der Waals surface area contributed by atoms with Crippen LogP contribution in [0.1, 0.15) is 13.3 Å². The van der Waals surface area contributed by atoms with Crippen molar-refractivity contribution in [2.45, 2.75) is 19.5 Å². The van der Waals surface area contributed by atoms with Gasteiger partial charge in [-0.05, 0) is 18.6 Å². The maximum Gasteiger partial charge on any atom is 0.405 e. The first-order chi connectivity index (χ1) is 8.74. The second kappa shape index (κ2) is 6.23. The highest BCUT2D eigenvalue weighted by Crippen LogP contribution is 2.33. The van der Waals surface area contributed by atoms with E-state index >= 15 is 0 Å². The lowest BCUT2D eigenvalue weighted by Crippen LogP contribution is -2.35. The average molecular weight is 341 g/mol. The van der Waals surface area contributed by atoms with Gasteiger partial charge in [0.05, 0.1) is 4.92 Å². The molecule has 0 unspecified atom stereocenters. The van der Waals surface area contributed by atoms with Crippen LogP contribution in [0.15, 0.2) is 22.7 Å². The minimum atomic E-state index is -4.41. The second-order valence-electron chi connectivity index (χ2n) is 3.93. The van der Waals surface area contributed by atoms with Crippen molar-refractivity contribution in [1.29, 1.82) is 0 Å². The molecule has 0 saturated heterocycles. The summed E-state index contributed by atoms with van der Waals surface area (Å²) in [6.07, 6.45) is -3.95. The van der Waals surface area contributed by atoms with Crippen LogP contribution < -0.4 is 4.90 Å². The standard InChI is InChI=1S/C11H12BrF3N2O2/c1-2-5-16(7-11(13,14)15)9-4-3-8(12)6-10(9)17(18)19/h3-4,6H,2,5,7H2,1H3. The summed E-state index contributed by atoms with van der Waals surface area (Å²) in [5.41, 5.74) is -0.362. The third kappa shape index (κ3) is 4.70. The van der Waals surface area contributed by atoms with E-state index < -0.39 is 17.6 Å². The predicted octanol–water partition coefficient (Wildman–Crippen LogP) is 4.14. The third-order valence-electron chi connectivity index (χ3n) is 2.34. The quantitative estimate of drug-likeness (QED) is 0.597. The highest BCUT2D eigenvalue weighted by molar-refractivity contribution is 9.10. The molecule has 8 heteroatoms. The molecule has 19 heavy (non-hydrogen) atoms. The number of nitro benzene ring substituents is 1. The molecule has 0 amide bonds. The molecule has 1 aromatic rings. The van der Waals surface area contributed by atoms with Crippen LogP contribution >= 0.6 is 15.9 Å². The fourth-order valence-corrected chi connectivity index (χ4v) is 2.03. The van der Waals surface area contributed by atoms with Gasteiger partial charge in [-0.15, -0.1) is 0 Å². The Balaban J connectivity index is 3.18. The van der Waals surface area contributed by atoms with Gasteiger partial charge >= 0.3 is 6.18 Å². The van der Waals surface area contributed by atoms with E-state index in [1.165, 1.54) is 18.2 Å². The Bertz CT molecular complexity index is 466. The predicted molar refractivity (Wildman–Crippen MR) is 69.4 cm³/mol. The van der Waals surface area contributed by atoms with Crippen LogP contribution in [0.5, 0.6) is 0 Å². The van der Waals surface area contributed by atoms with Crippen LogP contribution in [-0.4, -0.2) is 24.2 Å². The van der Waals surface area contributed by atoms with E-state index in [1.54, 1.807) is 6.92 Å². The summed E-state index contributed by atoms with van der Waals surface area (Å²) in [6.45, 7) is 0.610. The highest BCUT2D eigenvalue weighted by atomic mass is 79.9. The Morgan fingerprint density at radius 1 is 1.42 bits per heavy atom. The first-order valence-electron chi connectivity index (χ1n) is 5.50. The number of halogens is 4. The Labute approximate surface area is 116 Å². The highest BCUT2D eigenvalue weighted by Gasteiger charge is 2.33. The maximum absolute atomic E-state index is 12.5. The molecule has 0 N–H and O–H groups in total. The Morgan fingerprint density at radius 3 is 2.53 bits per heavy atom. The topological polar surface area (TPSA) is 46.4 Å². The van der Waals surface area contributed by atoms with Gasteiger partial charge in [0.25, 0.3) is 5.69 Å². The van der Waals surface area contributed by atoms with E-state index in [-0.39, 0.29) is 17.9 Å². The number of nitro groups is 1. The molecule has 4 nitrogen and oxygen atoms in total. The lowest BCUT2D eigenvalue weighted by Gasteiger charge is -2.25. The van der Waals surface area contributed by atoms with Crippen molar-refractivity contribution >= 4 is 27.3 Å². The van der Waals surface area contributed by atoms with Crippen LogP contribution in [0.4, 0.5) is 24.5 Å². The Kier molecular flexibility index (Phi) is 5.16. The summed E-state index contributed by atoms with van der Waals surface area (Å²) < 4.78 is 38.0. The maximum atomic E-state index is 12.5. The van der Waals surface area contributed by atoms with Gasteiger partial charge in [-0.1, -0.05) is 22.9 Å². The molecule has 0 aliphatic rings. The lowest BCUT2D eigenvalue weighted by atomic mass is 10.2. The summed E-state index contributed by atoms with van der Waals surface area (Å²) in [6, 6.07) is 4.01. The fourth-order valence-electron chi connectivity index (χ4n) is 1.68. The van der Waals surface area contributed by atoms with Crippen LogP contribution in [0.3, 0.4) is 0 Å². The van der Waals surface area contributed by atoms with E-state index in [1.807, 2.05) is 0 Å². The second-order valence-corrected chi connectivity index (χ2v) is 4.84. The molecule has 0 saturated carbocycles. The van der Waals surface area contributed by atoms with Crippen molar-refractivity contribution in [2.75, 3.05) is 18.0 Å². The molecule has 0 aliphatic carbocycles. The largest absolute Gasteiger partial charge is 0.405 e. The third-order valence-corrected chi connectivity index (χ3v) is 2.83. The molecule has 0 heterocycles. The zero-order valence-corrected chi connectivity index (χ0v) is 11.7. The summed E-state index contributed by atoms with van der Waals surface area (Å²) in [5, 5.41) is 10.9. The van der Waals surface area contributed by atoms with Gasteiger partial charge in [0.15, 0.2) is 0 Å². The van der Waals surface area contributed by atoms with E-state index in [2.05, 4.69) is 15.9 Å². The van der Waals surface area contributed by atoms with Crippen molar-refractivity contribution in [2.24, 2.45) is 0 Å². The zero-order valence-electron chi connectivity index (χ0n) is 10.1. The van der Waals surface area contributed by atoms with Gasteiger partial charge in [-0.3, -0.25) is 10.1 Å². The van der Waals surface area contributed by atoms with Crippen LogP contribution in [-0.2, 0) is 0 Å². The molecule has 0 aliphatic heterocycles. The minimum absolute atomic E-state index is 0.0209. The van der Waals surface area contributed by atoms with Crippen molar-refractivity contribution < 1.29 is 18.1 Å². The molecule has 0 spiro atoms. The Hall–Kier alpha value is -1.31. The zero-order chi connectivity index (χ0) is 14.6. The molecule has 1 rings (SSSR count). The number of alkyl halides is 3. The Morgan fingerprint density at radius 2 is 2.05 bits per heavy atom. The van der Waals surface area contributed by atoms with Gasteiger partial charge in [0.1, 0.15) is 12.2 Å². The molecule has 0 aromatic heterocycles. The van der Waals surface area contributed by atoms with Gasteiger partial charge in [-0.2, -0.15) is 13.2 Å². The molecular formula is C11H12BrF3N2O2. The van der Waals surface area contributed by atoms with Gasteiger partial charge < -0.3 is 4.90 Å². The summed E-state index contributed by atoms with van der Waals surface area (Å²) in [5.74, 6) is 0. The molecule has 0 bridgehead atoms. The molecule has 0 radical (unpaired) electrons. The minimum Gasteiger partial charge on any atom is -0.357 e. The lowest BCUT2D eigenvalue weighted by molar-refractivity contribution is -0.384. The normalized spacial score (nSPS) is 11.4. The summed E-state index contributed by atoms with van der Waals surface area (Å²) >= 11 is 3.07. The number of nitrogens with zero attached hydrogens (tertiary/aromatic N) is 2. The average Bonchev–Trinajstić information content (AvgIpc) is 2.26. The van der Waals surface area contributed by atoms with Gasteiger partial charge in [0.2, 0.25) is 0 Å². The number of benzene rings is 1. The monoisotopic (exact) mass is 340 g/mol. The van der Waals surface area contributed by atoms with Crippen molar-refractivity contribution in [3.8, 4) is 0 Å². The number of anilines is 1. The van der Waals surface area contributed by atoms with E-state index in [9.17, 15) is 23.3 Å². The molecular weight excluding hydrogens is 329 g/mol. The smallest absolute Gasteiger partial charge is 0.357 e. The fraction of sp³-hybridized carbons (Fsp3) is 0.455. The summed E-state index contributed by atoms with van der Waals surface area (Å²) in [7, 11) is 0. The van der Waals surface area contributed by atoms with Crippen molar-refractivity contribution in [3.05, 3.63) is 32.8 Å². The van der Waals surface area contributed by atoms with Crippen LogP contribution in [0, 0.1) is 10.1 Å². The van der Waals surface area contributed by atoms with Crippen LogP contribution in [0.2, 0.25) is 0 Å². The SMILES string of the molecule is CCCN(CC(F)(F)F)c1ccc(Br)cc1[N+](=O)[O-]. The van der Waals surface area contributed by atoms with E-state index in [0.717, 1.165) is 4.90 Å². The van der Waals surface area contributed by atoms with Crippen molar-refractivity contribution in [3.63, 3.8) is 0 Å². The molecule has 106 valence electrons. The van der Waals surface area contributed by atoms with Crippen molar-refractivity contribution in [1.82, 2.24) is 0 Å². The van der Waals surface area contributed by atoms with Gasteiger partial charge in [-0.25, -0.2) is 0 Å². The van der Waals surface area contributed by atoms with Crippen LogP contribution in [0.25, 0.3) is 0 Å². The number of hydrogen-bond acceptors (Lipinski definition) is 3. The first kappa shape index (κ1) is 15.7. The molecule has 0 atom stereocenters. The van der Waals surface area contributed by atoms with Gasteiger partial charge in [0, 0.05) is 17.1 Å². The van der Waals surface area contributed by atoms with E-state index in [0.29, 0.717) is 10.9 Å². The summed E-state index contributed by atoms with van der Waals surface area (Å²) in [4.78, 5) is 11.2. The van der Waals surface area contributed by atoms with E-state index in [4.69, 9.17) is 0 Å². The molecule has 0 fully saturated rings. The first-order valence-corrected chi connectivity index (χ1v) is 6.29. The number of rotatable bonds is 5. The molecule has 1 aromatic carbocycles.